The average Bonchev–Trinajstić information content (AvgIpc) is 3.17. The topological polar surface area (TPSA) is 86.1 Å². The zero-order chi connectivity index (χ0) is 20.1. The van der Waals surface area contributed by atoms with Crippen molar-refractivity contribution in [2.24, 2.45) is 0 Å². The lowest BCUT2D eigenvalue weighted by Gasteiger charge is -2.15. The van der Waals surface area contributed by atoms with E-state index in [4.69, 9.17) is 16.3 Å². The van der Waals surface area contributed by atoms with E-state index in [2.05, 4.69) is 15.6 Å². The number of methoxy groups -OCH3 is 1. The summed E-state index contributed by atoms with van der Waals surface area (Å²) in [5, 5.41) is 10.5. The zero-order valence-electron chi connectivity index (χ0n) is 14.8. The Balaban J connectivity index is 1.74. The molecule has 3 aromatic rings. The van der Waals surface area contributed by atoms with Crippen LogP contribution in [-0.2, 0) is 16.1 Å². The summed E-state index contributed by atoms with van der Waals surface area (Å²) in [5.74, 6) is -1.64. The van der Waals surface area contributed by atoms with Crippen molar-refractivity contribution in [3.8, 4) is 0 Å². The van der Waals surface area contributed by atoms with Gasteiger partial charge in [-0.25, -0.2) is 13.9 Å². The fourth-order valence-corrected chi connectivity index (χ4v) is 2.78. The molecule has 144 valence electrons. The second-order valence-electron chi connectivity index (χ2n) is 5.88. The fraction of sp³-hybridized carbons (Fsp3) is 0.158. The molecule has 1 amide bonds. The van der Waals surface area contributed by atoms with E-state index in [0.717, 1.165) is 0 Å². The van der Waals surface area contributed by atoms with Gasteiger partial charge in [0.1, 0.15) is 5.82 Å². The van der Waals surface area contributed by atoms with Crippen LogP contribution < -0.4 is 5.32 Å². The first kappa shape index (κ1) is 19.5. The summed E-state index contributed by atoms with van der Waals surface area (Å²) >= 11 is 6.00. The lowest BCUT2D eigenvalue weighted by Crippen LogP contribution is -2.34. The number of ether oxygens (including phenoxy) is 1. The van der Waals surface area contributed by atoms with E-state index in [9.17, 15) is 14.0 Å². The maximum Gasteiger partial charge on any atom is 0.333 e. The summed E-state index contributed by atoms with van der Waals surface area (Å²) < 4.78 is 19.3. The SMILES string of the molecule is COC(=O)[C@@H](NC(=O)c1cn(Cc2ccc(F)cc2Cl)nn1)c1ccccc1. The molecule has 1 heterocycles. The highest BCUT2D eigenvalue weighted by molar-refractivity contribution is 6.31. The number of esters is 1. The molecule has 0 saturated heterocycles. The zero-order valence-corrected chi connectivity index (χ0v) is 15.6. The largest absolute Gasteiger partial charge is 0.467 e. The molecular weight excluding hydrogens is 387 g/mol. The molecule has 0 aliphatic heterocycles. The first-order chi connectivity index (χ1) is 13.5. The van der Waals surface area contributed by atoms with Crippen LogP contribution in [0, 0.1) is 5.82 Å². The van der Waals surface area contributed by atoms with Gasteiger partial charge in [0.15, 0.2) is 11.7 Å². The van der Waals surface area contributed by atoms with Crippen molar-refractivity contribution in [3.63, 3.8) is 0 Å². The van der Waals surface area contributed by atoms with Crippen molar-refractivity contribution in [1.82, 2.24) is 20.3 Å². The maximum absolute atomic E-state index is 13.1. The van der Waals surface area contributed by atoms with Gasteiger partial charge in [-0.15, -0.1) is 5.10 Å². The van der Waals surface area contributed by atoms with Gasteiger partial charge in [-0.2, -0.15) is 0 Å². The Bertz CT molecular complexity index is 994. The van der Waals surface area contributed by atoms with Crippen LogP contribution in [0.4, 0.5) is 4.39 Å². The Kier molecular flexibility index (Phi) is 6.00. The van der Waals surface area contributed by atoms with E-state index in [0.29, 0.717) is 11.1 Å². The summed E-state index contributed by atoms with van der Waals surface area (Å²) in [5.41, 5.74) is 1.22. The molecule has 1 aromatic heterocycles. The third-order valence-electron chi connectivity index (χ3n) is 3.96. The number of hydrogen-bond donors (Lipinski definition) is 1. The number of nitrogens with zero attached hydrogens (tertiary/aromatic N) is 3. The normalized spacial score (nSPS) is 11.7. The lowest BCUT2D eigenvalue weighted by molar-refractivity contribution is -0.143. The van der Waals surface area contributed by atoms with E-state index >= 15 is 0 Å². The summed E-state index contributed by atoms with van der Waals surface area (Å²) in [6, 6.07) is 11.7. The molecule has 1 N–H and O–H groups in total. The summed E-state index contributed by atoms with van der Waals surface area (Å²) in [6.07, 6.45) is 1.41. The monoisotopic (exact) mass is 402 g/mol. The average molecular weight is 403 g/mol. The fourth-order valence-electron chi connectivity index (χ4n) is 2.55. The van der Waals surface area contributed by atoms with Gasteiger partial charge in [-0.05, 0) is 23.3 Å². The molecule has 1 atom stereocenters. The number of carbonyl (C=O) groups excluding carboxylic acids is 2. The van der Waals surface area contributed by atoms with Crippen LogP contribution in [0.2, 0.25) is 5.02 Å². The second-order valence-corrected chi connectivity index (χ2v) is 6.28. The molecule has 7 nitrogen and oxygen atoms in total. The van der Waals surface area contributed by atoms with Gasteiger partial charge < -0.3 is 10.1 Å². The molecule has 0 radical (unpaired) electrons. The van der Waals surface area contributed by atoms with E-state index in [-0.39, 0.29) is 17.3 Å². The molecule has 3 rings (SSSR count). The number of carbonyl (C=O) groups is 2. The number of rotatable bonds is 6. The standard InChI is InChI=1S/C19H16ClFN4O3/c1-28-19(27)17(12-5-3-2-4-6-12)22-18(26)16-11-25(24-23-16)10-13-7-8-14(21)9-15(13)20/h2-9,11,17H,10H2,1H3,(H,22,26)/t17-/m0/s1. The molecule has 0 aliphatic carbocycles. The Hall–Kier alpha value is -3.26. The molecule has 0 spiro atoms. The van der Waals surface area contributed by atoms with Crippen LogP contribution in [-0.4, -0.2) is 34.0 Å². The van der Waals surface area contributed by atoms with Crippen LogP contribution in [0.25, 0.3) is 0 Å². The number of aromatic nitrogens is 3. The van der Waals surface area contributed by atoms with E-state index in [1.165, 1.54) is 36.2 Å². The van der Waals surface area contributed by atoms with E-state index in [1.54, 1.807) is 30.3 Å². The summed E-state index contributed by atoms with van der Waals surface area (Å²) in [7, 11) is 1.24. The number of amides is 1. The van der Waals surface area contributed by atoms with Gasteiger partial charge in [0.2, 0.25) is 0 Å². The Labute approximate surface area is 165 Å². The Morgan fingerprint density at radius 2 is 2.00 bits per heavy atom. The Morgan fingerprint density at radius 1 is 1.25 bits per heavy atom. The lowest BCUT2D eigenvalue weighted by atomic mass is 10.1. The van der Waals surface area contributed by atoms with Crippen molar-refractivity contribution in [2.75, 3.05) is 7.11 Å². The minimum Gasteiger partial charge on any atom is -0.467 e. The highest BCUT2D eigenvalue weighted by Gasteiger charge is 2.25. The first-order valence-electron chi connectivity index (χ1n) is 8.25. The molecule has 0 aliphatic rings. The van der Waals surface area contributed by atoms with Crippen molar-refractivity contribution in [1.29, 1.82) is 0 Å². The van der Waals surface area contributed by atoms with Crippen LogP contribution in [0.15, 0.2) is 54.7 Å². The molecule has 9 heteroatoms. The molecule has 0 bridgehead atoms. The highest BCUT2D eigenvalue weighted by Crippen LogP contribution is 2.18. The van der Waals surface area contributed by atoms with Crippen molar-refractivity contribution in [3.05, 3.63) is 82.4 Å². The molecule has 0 saturated carbocycles. The van der Waals surface area contributed by atoms with E-state index < -0.39 is 23.7 Å². The maximum atomic E-state index is 13.1. The third kappa shape index (κ3) is 4.52. The van der Waals surface area contributed by atoms with Crippen LogP contribution in [0.1, 0.15) is 27.7 Å². The molecular formula is C19H16ClFN4O3. The molecule has 0 unspecified atom stereocenters. The van der Waals surface area contributed by atoms with Gasteiger partial charge in [0.25, 0.3) is 5.91 Å². The molecule has 2 aromatic carbocycles. The first-order valence-corrected chi connectivity index (χ1v) is 8.63. The van der Waals surface area contributed by atoms with Gasteiger partial charge in [0.05, 0.1) is 19.9 Å². The minimum atomic E-state index is -0.976. The summed E-state index contributed by atoms with van der Waals surface area (Å²) in [4.78, 5) is 24.6. The number of nitrogens with one attached hydrogen (secondary N) is 1. The second kappa shape index (κ2) is 8.62. The van der Waals surface area contributed by atoms with Crippen LogP contribution in [0.5, 0.6) is 0 Å². The minimum absolute atomic E-state index is 0.0167. The van der Waals surface area contributed by atoms with Crippen molar-refractivity contribution < 1.29 is 18.7 Å². The van der Waals surface area contributed by atoms with Gasteiger partial charge in [0, 0.05) is 5.02 Å². The summed E-state index contributed by atoms with van der Waals surface area (Å²) in [6.45, 7) is 0.207. The number of halogens is 2. The van der Waals surface area contributed by atoms with Crippen molar-refractivity contribution >= 4 is 23.5 Å². The molecule has 28 heavy (non-hydrogen) atoms. The smallest absolute Gasteiger partial charge is 0.333 e. The predicted octanol–water partition coefficient (Wildman–Crippen LogP) is 2.76. The van der Waals surface area contributed by atoms with Crippen molar-refractivity contribution in [2.45, 2.75) is 12.6 Å². The number of hydrogen-bond acceptors (Lipinski definition) is 5. The van der Waals surface area contributed by atoms with Gasteiger partial charge in [-0.3, -0.25) is 4.79 Å². The molecule has 0 fully saturated rings. The van der Waals surface area contributed by atoms with Crippen LogP contribution in [0.3, 0.4) is 0 Å². The quantitative estimate of drug-likeness (QED) is 0.641. The van der Waals surface area contributed by atoms with Gasteiger partial charge in [-0.1, -0.05) is 53.2 Å². The number of benzene rings is 2. The van der Waals surface area contributed by atoms with E-state index in [1.807, 2.05) is 0 Å². The Morgan fingerprint density at radius 3 is 2.68 bits per heavy atom. The van der Waals surface area contributed by atoms with Gasteiger partial charge >= 0.3 is 5.97 Å². The highest BCUT2D eigenvalue weighted by atomic mass is 35.5. The third-order valence-corrected chi connectivity index (χ3v) is 4.32. The predicted molar refractivity (Wildman–Crippen MR) is 99.2 cm³/mol. The van der Waals surface area contributed by atoms with Crippen LogP contribution >= 0.6 is 11.6 Å².